The topological polar surface area (TPSA) is 112 Å². The molecule has 37 heavy (non-hydrogen) atoms. The number of ether oxygens (including phenoxy) is 3. The molecule has 0 bridgehead atoms. The predicted octanol–water partition coefficient (Wildman–Crippen LogP) is 3.17. The highest BCUT2D eigenvalue weighted by atomic mass is 19.1. The molecule has 3 aliphatic rings. The number of amides is 1. The Morgan fingerprint density at radius 3 is 2.73 bits per heavy atom. The summed E-state index contributed by atoms with van der Waals surface area (Å²) in [5.74, 6) is -1.14. The molecule has 1 amide bonds. The second-order valence-electron chi connectivity index (χ2n) is 11.0. The predicted molar refractivity (Wildman–Crippen MR) is 133 cm³/mol. The zero-order valence-electron chi connectivity index (χ0n) is 21.6. The summed E-state index contributed by atoms with van der Waals surface area (Å²) in [7, 11) is 0. The van der Waals surface area contributed by atoms with Crippen molar-refractivity contribution in [1.29, 1.82) is 0 Å². The number of carbonyl (C=O) groups is 2. The molecule has 11 heteroatoms. The smallest absolute Gasteiger partial charge is 0.407 e. The third kappa shape index (κ3) is 4.76. The average Bonchev–Trinajstić information content (AvgIpc) is 3.49. The van der Waals surface area contributed by atoms with Crippen LogP contribution >= 0.6 is 0 Å². The number of alkyl carbamates (subject to hydrolysis) is 1. The van der Waals surface area contributed by atoms with Crippen molar-refractivity contribution in [2.45, 2.75) is 64.2 Å². The average molecular weight is 517 g/mol. The van der Waals surface area contributed by atoms with Gasteiger partial charge < -0.3 is 29.0 Å². The summed E-state index contributed by atoms with van der Waals surface area (Å²) in [4.78, 5) is 43.9. The number of nitrogens with zero attached hydrogens (tertiary/aromatic N) is 3. The number of hydrogen-bond acceptors (Lipinski definition) is 8. The second kappa shape index (κ2) is 9.27. The van der Waals surface area contributed by atoms with Gasteiger partial charge in [0.05, 0.1) is 30.6 Å². The van der Waals surface area contributed by atoms with E-state index in [2.05, 4.69) is 10.3 Å². The summed E-state index contributed by atoms with van der Waals surface area (Å²) in [5, 5.41) is 2.86. The Hall–Kier alpha value is -3.21. The van der Waals surface area contributed by atoms with E-state index in [0.717, 1.165) is 19.3 Å². The number of fused-ring (bicyclic) bond motifs is 2. The third-order valence-corrected chi connectivity index (χ3v) is 7.16. The van der Waals surface area contributed by atoms with E-state index >= 15 is 4.39 Å². The Bertz CT molecular complexity index is 1300. The highest BCUT2D eigenvalue weighted by Crippen LogP contribution is 2.42. The number of rotatable bonds is 6. The molecule has 1 N–H and O–H groups in total. The molecular formula is C26H33FN4O6. The Labute approximate surface area is 214 Å². The Kier molecular flexibility index (Phi) is 6.37. The standard InChI is InChI=1S/C26H33FN4O6/c1-5-35-23(33)18-12-31(16-6-7-16)20-17(21(18)32)10-28-22(19(20)27)30-11-15-8-9-36-26(15,14-30)13-29-24(34)37-25(2,3)4/h10,12,15-16H,5-9,11,13-14H2,1-4H3,(H,29,34). The van der Waals surface area contributed by atoms with Crippen LogP contribution < -0.4 is 15.6 Å². The minimum Gasteiger partial charge on any atom is -0.462 e. The summed E-state index contributed by atoms with van der Waals surface area (Å²) in [6, 6.07) is 0.00619. The van der Waals surface area contributed by atoms with E-state index in [0.29, 0.717) is 19.7 Å². The van der Waals surface area contributed by atoms with Crippen LogP contribution in [0.15, 0.2) is 17.2 Å². The van der Waals surface area contributed by atoms with Gasteiger partial charge >= 0.3 is 12.1 Å². The van der Waals surface area contributed by atoms with Gasteiger partial charge in [-0.25, -0.2) is 19.0 Å². The Balaban J connectivity index is 1.46. The van der Waals surface area contributed by atoms with Crippen molar-refractivity contribution in [2.75, 3.05) is 37.7 Å². The lowest BCUT2D eigenvalue weighted by Gasteiger charge is -2.29. The molecule has 2 unspecified atom stereocenters. The van der Waals surface area contributed by atoms with E-state index in [9.17, 15) is 14.4 Å². The quantitative estimate of drug-likeness (QED) is 0.583. The molecule has 3 fully saturated rings. The molecule has 0 aromatic carbocycles. The molecule has 2 atom stereocenters. The largest absolute Gasteiger partial charge is 0.462 e. The van der Waals surface area contributed by atoms with Crippen LogP contribution in [0.5, 0.6) is 0 Å². The fraction of sp³-hybridized carbons (Fsp3) is 0.615. The molecule has 10 nitrogen and oxygen atoms in total. The summed E-state index contributed by atoms with van der Waals surface area (Å²) < 4.78 is 34.3. The van der Waals surface area contributed by atoms with E-state index in [1.807, 2.05) is 4.90 Å². The van der Waals surface area contributed by atoms with Gasteiger partial charge in [-0.15, -0.1) is 0 Å². The molecule has 2 aromatic heterocycles. The first kappa shape index (κ1) is 25.4. The second-order valence-corrected chi connectivity index (χ2v) is 11.0. The summed E-state index contributed by atoms with van der Waals surface area (Å²) in [6.07, 6.45) is 4.67. The molecule has 4 heterocycles. The van der Waals surface area contributed by atoms with Gasteiger partial charge in [0, 0.05) is 37.5 Å². The van der Waals surface area contributed by atoms with Crippen molar-refractivity contribution < 1.29 is 28.2 Å². The molecule has 5 rings (SSSR count). The first-order chi connectivity index (χ1) is 17.5. The van der Waals surface area contributed by atoms with Gasteiger partial charge in [-0.1, -0.05) is 0 Å². The minimum atomic E-state index is -0.725. The van der Waals surface area contributed by atoms with E-state index < -0.39 is 34.5 Å². The maximum atomic E-state index is 16.1. The van der Waals surface area contributed by atoms with Crippen molar-refractivity contribution in [3.05, 3.63) is 34.0 Å². The Morgan fingerprint density at radius 2 is 2.05 bits per heavy atom. The fourth-order valence-corrected chi connectivity index (χ4v) is 5.33. The first-order valence-corrected chi connectivity index (χ1v) is 12.8. The zero-order valence-corrected chi connectivity index (χ0v) is 21.6. The van der Waals surface area contributed by atoms with E-state index in [1.54, 1.807) is 32.3 Å². The lowest BCUT2D eigenvalue weighted by Crippen LogP contribution is -2.49. The molecule has 0 spiro atoms. The maximum Gasteiger partial charge on any atom is 0.407 e. The molecule has 1 saturated carbocycles. The molecule has 2 aliphatic heterocycles. The van der Waals surface area contributed by atoms with Gasteiger partial charge in [-0.2, -0.15) is 0 Å². The fourth-order valence-electron chi connectivity index (χ4n) is 5.33. The van der Waals surface area contributed by atoms with E-state index in [4.69, 9.17) is 14.2 Å². The minimum absolute atomic E-state index is 0.00619. The monoisotopic (exact) mass is 516 g/mol. The van der Waals surface area contributed by atoms with Crippen molar-refractivity contribution in [3.63, 3.8) is 0 Å². The van der Waals surface area contributed by atoms with Gasteiger partial charge in [0.1, 0.15) is 16.8 Å². The number of hydrogen-bond donors (Lipinski definition) is 1. The number of halogens is 1. The van der Waals surface area contributed by atoms with Gasteiger partial charge in [-0.05, 0) is 47.0 Å². The van der Waals surface area contributed by atoms with Crippen LogP contribution in [-0.2, 0) is 14.2 Å². The van der Waals surface area contributed by atoms with Crippen LogP contribution in [0.3, 0.4) is 0 Å². The van der Waals surface area contributed by atoms with Crippen molar-refractivity contribution in [3.8, 4) is 0 Å². The number of anilines is 1. The van der Waals surface area contributed by atoms with Crippen LogP contribution in [0.1, 0.15) is 63.4 Å². The number of nitrogens with one attached hydrogen (secondary N) is 1. The maximum absolute atomic E-state index is 16.1. The number of pyridine rings is 2. The van der Waals surface area contributed by atoms with Crippen LogP contribution in [0, 0.1) is 11.7 Å². The van der Waals surface area contributed by atoms with Crippen LogP contribution in [0.25, 0.3) is 10.9 Å². The molecule has 0 radical (unpaired) electrons. The summed E-state index contributed by atoms with van der Waals surface area (Å²) in [5.41, 5.74) is -1.88. The normalized spacial score (nSPS) is 23.3. The highest BCUT2D eigenvalue weighted by Gasteiger charge is 2.52. The van der Waals surface area contributed by atoms with Gasteiger partial charge in [0.25, 0.3) is 0 Å². The zero-order chi connectivity index (χ0) is 26.5. The van der Waals surface area contributed by atoms with Crippen molar-refractivity contribution >= 4 is 28.8 Å². The SMILES string of the molecule is CCOC(=O)c1cn(C2CC2)c2c(F)c(N3CC4CCOC4(CNC(=O)OC(C)(C)C)C3)ncc2c1=O. The van der Waals surface area contributed by atoms with E-state index in [1.165, 1.54) is 12.4 Å². The van der Waals surface area contributed by atoms with Gasteiger partial charge in [0.15, 0.2) is 11.6 Å². The molecular weight excluding hydrogens is 483 g/mol. The number of aromatic nitrogens is 2. The van der Waals surface area contributed by atoms with Crippen LogP contribution in [-0.4, -0.2) is 65.7 Å². The molecule has 2 saturated heterocycles. The summed E-state index contributed by atoms with van der Waals surface area (Å²) in [6.45, 7) is 8.79. The van der Waals surface area contributed by atoms with Crippen LogP contribution in [0.2, 0.25) is 0 Å². The lowest BCUT2D eigenvalue weighted by molar-refractivity contribution is -0.000295. The van der Waals surface area contributed by atoms with Crippen LogP contribution in [0.4, 0.5) is 15.0 Å². The van der Waals surface area contributed by atoms with Gasteiger partial charge in [0.2, 0.25) is 5.43 Å². The Morgan fingerprint density at radius 1 is 1.30 bits per heavy atom. The number of carbonyl (C=O) groups excluding carboxylic acids is 2. The van der Waals surface area contributed by atoms with Crippen molar-refractivity contribution in [2.24, 2.45) is 5.92 Å². The molecule has 1 aliphatic carbocycles. The van der Waals surface area contributed by atoms with Crippen molar-refractivity contribution in [1.82, 2.24) is 14.9 Å². The molecule has 2 aromatic rings. The lowest BCUT2D eigenvalue weighted by atomic mass is 9.91. The number of esters is 1. The third-order valence-electron chi connectivity index (χ3n) is 7.16. The van der Waals surface area contributed by atoms with E-state index in [-0.39, 0.29) is 47.4 Å². The van der Waals surface area contributed by atoms with Gasteiger partial charge in [-0.3, -0.25) is 4.79 Å². The molecule has 200 valence electrons. The first-order valence-electron chi connectivity index (χ1n) is 12.8. The summed E-state index contributed by atoms with van der Waals surface area (Å²) >= 11 is 0. The highest BCUT2D eigenvalue weighted by molar-refractivity contribution is 5.94.